The molecule has 2 heterocycles. The number of hydrogen-bond acceptors (Lipinski definition) is 4. The van der Waals surface area contributed by atoms with Gasteiger partial charge >= 0.3 is 0 Å². The van der Waals surface area contributed by atoms with Gasteiger partial charge in [0.2, 0.25) is 0 Å². The van der Waals surface area contributed by atoms with E-state index in [2.05, 4.69) is 17.2 Å². The topological polar surface area (TPSA) is 46.9 Å². The molecule has 0 bridgehead atoms. The highest BCUT2D eigenvalue weighted by Crippen LogP contribution is 2.13. The lowest BCUT2D eigenvalue weighted by molar-refractivity contribution is 0.655. The first-order valence-electron chi connectivity index (χ1n) is 6.04. The van der Waals surface area contributed by atoms with E-state index in [4.69, 9.17) is 0 Å². The SMILES string of the molecule is CCCn1cc(NCc2cnc(C)s2)ccc1=O. The second kappa shape index (κ2) is 5.82. The van der Waals surface area contributed by atoms with Crippen molar-refractivity contribution in [3.8, 4) is 0 Å². The average Bonchev–Trinajstić information content (AvgIpc) is 2.76. The van der Waals surface area contributed by atoms with Gasteiger partial charge in [-0.15, -0.1) is 11.3 Å². The van der Waals surface area contributed by atoms with E-state index in [-0.39, 0.29) is 5.56 Å². The van der Waals surface area contributed by atoms with Crippen LogP contribution in [0.25, 0.3) is 0 Å². The molecule has 5 heteroatoms. The van der Waals surface area contributed by atoms with E-state index >= 15 is 0 Å². The van der Waals surface area contributed by atoms with E-state index in [1.54, 1.807) is 22.0 Å². The lowest BCUT2D eigenvalue weighted by Crippen LogP contribution is -2.18. The number of nitrogens with zero attached hydrogens (tertiary/aromatic N) is 2. The highest BCUT2D eigenvalue weighted by atomic mass is 32.1. The normalized spacial score (nSPS) is 10.6. The Morgan fingerprint density at radius 1 is 1.44 bits per heavy atom. The van der Waals surface area contributed by atoms with Gasteiger partial charge in [-0.3, -0.25) is 4.79 Å². The third-order valence-electron chi connectivity index (χ3n) is 2.58. The summed E-state index contributed by atoms with van der Waals surface area (Å²) in [5, 5.41) is 4.38. The molecule has 0 unspecified atom stereocenters. The molecule has 0 spiro atoms. The number of rotatable bonds is 5. The minimum absolute atomic E-state index is 0.0519. The van der Waals surface area contributed by atoms with Gasteiger partial charge in [-0.05, 0) is 19.4 Å². The maximum atomic E-state index is 11.6. The molecule has 2 aromatic heterocycles. The number of pyridine rings is 1. The molecule has 2 aromatic rings. The summed E-state index contributed by atoms with van der Waals surface area (Å²) in [5.41, 5.74) is 1.02. The second-order valence-electron chi connectivity index (χ2n) is 4.15. The Balaban J connectivity index is 2.05. The van der Waals surface area contributed by atoms with Crippen LogP contribution in [0.3, 0.4) is 0 Å². The van der Waals surface area contributed by atoms with Gasteiger partial charge in [-0.1, -0.05) is 6.92 Å². The molecule has 0 aromatic carbocycles. The zero-order valence-electron chi connectivity index (χ0n) is 10.6. The minimum atomic E-state index is 0.0519. The van der Waals surface area contributed by atoms with Gasteiger partial charge in [0.05, 0.1) is 17.2 Å². The van der Waals surface area contributed by atoms with Crippen molar-refractivity contribution < 1.29 is 0 Å². The molecule has 2 rings (SSSR count). The number of hydrogen-bond donors (Lipinski definition) is 1. The summed E-state index contributed by atoms with van der Waals surface area (Å²) in [6.07, 6.45) is 4.71. The summed E-state index contributed by atoms with van der Waals surface area (Å²) in [5.74, 6) is 0. The maximum absolute atomic E-state index is 11.6. The molecular formula is C13H17N3OS. The largest absolute Gasteiger partial charge is 0.379 e. The fourth-order valence-corrected chi connectivity index (χ4v) is 2.46. The Morgan fingerprint density at radius 3 is 2.94 bits per heavy atom. The molecule has 0 aliphatic carbocycles. The van der Waals surface area contributed by atoms with E-state index in [1.807, 2.05) is 25.4 Å². The summed E-state index contributed by atoms with van der Waals surface area (Å²) < 4.78 is 1.74. The fourth-order valence-electron chi connectivity index (χ4n) is 1.73. The van der Waals surface area contributed by atoms with Gasteiger partial charge in [-0.2, -0.15) is 0 Å². The predicted octanol–water partition coefficient (Wildman–Crippen LogP) is 2.64. The lowest BCUT2D eigenvalue weighted by atomic mass is 10.3. The summed E-state index contributed by atoms with van der Waals surface area (Å²) in [7, 11) is 0. The van der Waals surface area contributed by atoms with Gasteiger partial charge < -0.3 is 9.88 Å². The zero-order valence-corrected chi connectivity index (χ0v) is 11.5. The summed E-state index contributed by atoms with van der Waals surface area (Å²) in [6, 6.07) is 3.43. The average molecular weight is 263 g/mol. The van der Waals surface area contributed by atoms with Crippen molar-refractivity contribution in [1.29, 1.82) is 0 Å². The van der Waals surface area contributed by atoms with E-state index < -0.39 is 0 Å². The molecule has 18 heavy (non-hydrogen) atoms. The molecule has 4 nitrogen and oxygen atoms in total. The van der Waals surface area contributed by atoms with Crippen molar-refractivity contribution in [1.82, 2.24) is 9.55 Å². The van der Waals surface area contributed by atoms with E-state index in [9.17, 15) is 4.79 Å². The van der Waals surface area contributed by atoms with Crippen LogP contribution in [-0.2, 0) is 13.1 Å². The molecule has 0 saturated heterocycles. The number of aromatic nitrogens is 2. The molecule has 0 amide bonds. The highest BCUT2D eigenvalue weighted by molar-refractivity contribution is 7.11. The molecule has 1 N–H and O–H groups in total. The Morgan fingerprint density at radius 2 is 2.28 bits per heavy atom. The Labute approximate surface area is 110 Å². The minimum Gasteiger partial charge on any atom is -0.379 e. The van der Waals surface area contributed by atoms with Crippen molar-refractivity contribution in [2.75, 3.05) is 5.32 Å². The number of thiazole rings is 1. The second-order valence-corrected chi connectivity index (χ2v) is 5.47. The highest BCUT2D eigenvalue weighted by Gasteiger charge is 2.00. The van der Waals surface area contributed by atoms with Crippen LogP contribution >= 0.6 is 11.3 Å². The fraction of sp³-hybridized carbons (Fsp3) is 0.385. The first-order chi connectivity index (χ1) is 8.69. The van der Waals surface area contributed by atoms with Crippen LogP contribution < -0.4 is 10.9 Å². The van der Waals surface area contributed by atoms with E-state index in [0.29, 0.717) is 0 Å². The third kappa shape index (κ3) is 3.20. The van der Waals surface area contributed by atoms with Crippen LogP contribution in [0.1, 0.15) is 23.2 Å². The van der Waals surface area contributed by atoms with Gasteiger partial charge in [0, 0.05) is 29.9 Å². The summed E-state index contributed by atoms with van der Waals surface area (Å²) in [4.78, 5) is 17.0. The lowest BCUT2D eigenvalue weighted by Gasteiger charge is -2.08. The van der Waals surface area contributed by atoms with E-state index in [0.717, 1.165) is 30.2 Å². The van der Waals surface area contributed by atoms with Crippen molar-refractivity contribution >= 4 is 17.0 Å². The van der Waals surface area contributed by atoms with Crippen LogP contribution in [0.2, 0.25) is 0 Å². The molecular weight excluding hydrogens is 246 g/mol. The smallest absolute Gasteiger partial charge is 0.250 e. The monoisotopic (exact) mass is 263 g/mol. The standard InChI is InChI=1S/C13H17N3OS/c1-3-6-16-9-11(4-5-13(16)17)15-8-12-7-14-10(2)18-12/h4-5,7,9,15H,3,6,8H2,1-2H3. The van der Waals surface area contributed by atoms with Crippen LogP contribution in [0.15, 0.2) is 29.3 Å². The van der Waals surface area contributed by atoms with Crippen LogP contribution in [-0.4, -0.2) is 9.55 Å². The van der Waals surface area contributed by atoms with Gasteiger partial charge in [-0.25, -0.2) is 4.98 Å². The Kier molecular flexibility index (Phi) is 4.15. The van der Waals surface area contributed by atoms with Crippen molar-refractivity contribution in [2.45, 2.75) is 33.4 Å². The molecule has 0 fully saturated rings. The first kappa shape index (κ1) is 12.8. The number of anilines is 1. The van der Waals surface area contributed by atoms with Crippen LogP contribution in [0.5, 0.6) is 0 Å². The first-order valence-corrected chi connectivity index (χ1v) is 6.86. The maximum Gasteiger partial charge on any atom is 0.250 e. The predicted molar refractivity (Wildman–Crippen MR) is 75.2 cm³/mol. The van der Waals surface area contributed by atoms with Crippen LogP contribution in [0.4, 0.5) is 5.69 Å². The van der Waals surface area contributed by atoms with Crippen molar-refractivity contribution in [3.05, 3.63) is 44.8 Å². The third-order valence-corrected chi connectivity index (χ3v) is 3.50. The Bertz CT molecular complexity index is 574. The Hall–Kier alpha value is -1.62. The van der Waals surface area contributed by atoms with Gasteiger partial charge in [0.25, 0.3) is 5.56 Å². The summed E-state index contributed by atoms with van der Waals surface area (Å²) in [6.45, 7) is 5.56. The number of nitrogens with one attached hydrogen (secondary N) is 1. The van der Waals surface area contributed by atoms with Gasteiger partial charge in [0.15, 0.2) is 0 Å². The van der Waals surface area contributed by atoms with Crippen molar-refractivity contribution in [2.24, 2.45) is 0 Å². The molecule has 0 atom stereocenters. The molecule has 96 valence electrons. The molecule has 0 radical (unpaired) electrons. The molecule has 0 aliphatic rings. The molecule has 0 saturated carbocycles. The van der Waals surface area contributed by atoms with E-state index in [1.165, 1.54) is 4.88 Å². The zero-order chi connectivity index (χ0) is 13.0. The quantitative estimate of drug-likeness (QED) is 0.902. The summed E-state index contributed by atoms with van der Waals surface area (Å²) >= 11 is 1.68. The number of aryl methyl sites for hydroxylation is 2. The van der Waals surface area contributed by atoms with Gasteiger partial charge in [0.1, 0.15) is 0 Å². The van der Waals surface area contributed by atoms with Crippen molar-refractivity contribution in [3.63, 3.8) is 0 Å². The molecule has 0 aliphatic heterocycles. The van der Waals surface area contributed by atoms with Crippen LogP contribution in [0, 0.1) is 6.92 Å².